The smallest absolute Gasteiger partial charge is 0.274 e. The number of halogens is 1. The van der Waals surface area contributed by atoms with Crippen LogP contribution in [0.4, 0.5) is 0 Å². The Bertz CT molecular complexity index is 423. The third-order valence-corrected chi connectivity index (χ3v) is 2.46. The lowest BCUT2D eigenvalue weighted by Crippen LogP contribution is -2.41. The van der Waals surface area contributed by atoms with Crippen LogP contribution < -0.4 is 16.0 Å². The van der Waals surface area contributed by atoms with Crippen molar-refractivity contribution in [2.75, 3.05) is 0 Å². The first-order valence-corrected chi connectivity index (χ1v) is 5.42. The number of benzene rings is 1. The molecule has 0 saturated carbocycles. The molecule has 0 spiro atoms. The monoisotopic (exact) mass is 256 g/mol. The van der Waals surface area contributed by atoms with Gasteiger partial charge in [0.2, 0.25) is 0 Å². The fourth-order valence-electron chi connectivity index (χ4n) is 1.25. The number of hydrazine groups is 1. The second-order valence-electron chi connectivity index (χ2n) is 3.33. The Labute approximate surface area is 104 Å². The summed E-state index contributed by atoms with van der Waals surface area (Å²) in [4.78, 5) is 21.8. The third kappa shape index (κ3) is 3.44. The minimum Gasteiger partial charge on any atom is -0.479 e. The number of hydrogen-bond donors (Lipinski definition) is 2. The number of rotatable bonds is 5. The van der Waals surface area contributed by atoms with E-state index in [0.717, 1.165) is 0 Å². The van der Waals surface area contributed by atoms with E-state index in [1.165, 1.54) is 6.07 Å². The molecule has 0 aliphatic rings. The number of hydrogen-bond acceptors (Lipinski definition) is 4. The van der Waals surface area contributed by atoms with Crippen molar-refractivity contribution in [3.8, 4) is 5.75 Å². The number of nitrogens with two attached hydrogens (primary N) is 1. The van der Waals surface area contributed by atoms with E-state index < -0.39 is 12.0 Å². The molecule has 1 rings (SSSR count). The van der Waals surface area contributed by atoms with Gasteiger partial charge in [-0.15, -0.1) is 0 Å². The maximum Gasteiger partial charge on any atom is 0.274 e. The van der Waals surface area contributed by atoms with E-state index in [0.29, 0.717) is 24.0 Å². The Kier molecular flexibility index (Phi) is 4.93. The van der Waals surface area contributed by atoms with Gasteiger partial charge in [-0.2, -0.15) is 0 Å². The van der Waals surface area contributed by atoms with Gasteiger partial charge < -0.3 is 4.74 Å². The van der Waals surface area contributed by atoms with E-state index in [-0.39, 0.29) is 5.02 Å². The average molecular weight is 257 g/mol. The van der Waals surface area contributed by atoms with Crippen LogP contribution in [-0.4, -0.2) is 18.3 Å². The van der Waals surface area contributed by atoms with Crippen molar-refractivity contribution < 1.29 is 14.3 Å². The Morgan fingerprint density at radius 3 is 2.82 bits per heavy atom. The van der Waals surface area contributed by atoms with Crippen molar-refractivity contribution in [3.63, 3.8) is 0 Å². The normalized spacial score (nSPS) is 11.7. The second kappa shape index (κ2) is 6.22. The zero-order valence-electron chi connectivity index (χ0n) is 9.27. The molecular weight excluding hydrogens is 244 g/mol. The standard InChI is InChI=1S/C11H13ClN2O3/c1-2-9(11(16)14-13)17-10-4-3-7(6-15)5-8(10)12/h3-6,9H,2,13H2,1H3,(H,14,16). The molecule has 0 aliphatic carbocycles. The van der Waals surface area contributed by atoms with Crippen molar-refractivity contribution in [2.24, 2.45) is 5.84 Å². The molecule has 0 bridgehead atoms. The van der Waals surface area contributed by atoms with Gasteiger partial charge in [0, 0.05) is 5.56 Å². The van der Waals surface area contributed by atoms with E-state index >= 15 is 0 Å². The summed E-state index contributed by atoms with van der Waals surface area (Å²) in [5, 5.41) is 0.276. The summed E-state index contributed by atoms with van der Waals surface area (Å²) in [6.07, 6.45) is 0.425. The van der Waals surface area contributed by atoms with E-state index in [1.807, 2.05) is 5.43 Å². The van der Waals surface area contributed by atoms with Gasteiger partial charge in [-0.25, -0.2) is 5.84 Å². The molecule has 1 aromatic rings. The molecule has 0 radical (unpaired) electrons. The highest BCUT2D eigenvalue weighted by atomic mass is 35.5. The van der Waals surface area contributed by atoms with Crippen molar-refractivity contribution in [3.05, 3.63) is 28.8 Å². The van der Waals surface area contributed by atoms with Gasteiger partial charge in [0.1, 0.15) is 12.0 Å². The Morgan fingerprint density at radius 1 is 1.65 bits per heavy atom. The van der Waals surface area contributed by atoms with Gasteiger partial charge in [0.15, 0.2) is 6.10 Å². The lowest BCUT2D eigenvalue weighted by molar-refractivity contribution is -0.128. The van der Waals surface area contributed by atoms with Crippen LogP contribution in [0.25, 0.3) is 0 Å². The van der Waals surface area contributed by atoms with Gasteiger partial charge in [0.05, 0.1) is 5.02 Å². The molecule has 1 amide bonds. The summed E-state index contributed by atoms with van der Waals surface area (Å²) in [6.45, 7) is 1.79. The first-order valence-electron chi connectivity index (χ1n) is 5.04. The number of carbonyl (C=O) groups excluding carboxylic acids is 2. The van der Waals surface area contributed by atoms with Crippen LogP contribution >= 0.6 is 11.6 Å². The fraction of sp³-hybridized carbons (Fsp3) is 0.273. The summed E-state index contributed by atoms with van der Waals surface area (Å²) in [5.41, 5.74) is 2.46. The van der Waals surface area contributed by atoms with Crippen molar-refractivity contribution >= 4 is 23.8 Å². The molecule has 1 aromatic carbocycles. The molecule has 5 nitrogen and oxygen atoms in total. The highest BCUT2D eigenvalue weighted by Crippen LogP contribution is 2.26. The van der Waals surface area contributed by atoms with Crippen LogP contribution in [0.1, 0.15) is 23.7 Å². The van der Waals surface area contributed by atoms with Gasteiger partial charge in [-0.3, -0.25) is 15.0 Å². The molecule has 0 saturated heterocycles. The number of amides is 1. The van der Waals surface area contributed by atoms with Crippen LogP contribution in [0, 0.1) is 0 Å². The molecule has 17 heavy (non-hydrogen) atoms. The highest BCUT2D eigenvalue weighted by molar-refractivity contribution is 6.32. The Morgan fingerprint density at radius 2 is 2.35 bits per heavy atom. The predicted octanol–water partition coefficient (Wildman–Crippen LogP) is 1.30. The van der Waals surface area contributed by atoms with Crippen LogP contribution in [0.2, 0.25) is 5.02 Å². The summed E-state index contributed by atoms with van der Waals surface area (Å²) in [6, 6.07) is 4.57. The minimum atomic E-state index is -0.709. The van der Waals surface area contributed by atoms with Crippen molar-refractivity contribution in [1.82, 2.24) is 5.43 Å². The lowest BCUT2D eigenvalue weighted by Gasteiger charge is -2.16. The largest absolute Gasteiger partial charge is 0.479 e. The maximum atomic E-state index is 11.3. The van der Waals surface area contributed by atoms with Gasteiger partial charge in [0.25, 0.3) is 5.91 Å². The molecule has 0 fully saturated rings. The summed E-state index contributed by atoms with van der Waals surface area (Å²) >= 11 is 5.91. The van der Waals surface area contributed by atoms with E-state index in [4.69, 9.17) is 22.2 Å². The topological polar surface area (TPSA) is 81.4 Å². The molecule has 0 heterocycles. The fourth-order valence-corrected chi connectivity index (χ4v) is 1.49. The van der Waals surface area contributed by atoms with E-state index in [9.17, 15) is 9.59 Å². The average Bonchev–Trinajstić information content (AvgIpc) is 2.36. The van der Waals surface area contributed by atoms with Crippen molar-refractivity contribution in [2.45, 2.75) is 19.4 Å². The van der Waals surface area contributed by atoms with Gasteiger partial charge >= 0.3 is 0 Å². The first-order chi connectivity index (χ1) is 8.12. The number of nitrogens with one attached hydrogen (secondary N) is 1. The Hall–Kier alpha value is -1.59. The molecule has 1 atom stereocenters. The second-order valence-corrected chi connectivity index (χ2v) is 3.74. The predicted molar refractivity (Wildman–Crippen MR) is 63.9 cm³/mol. The SMILES string of the molecule is CCC(Oc1ccc(C=O)cc1Cl)C(=O)NN. The van der Waals surface area contributed by atoms with E-state index in [2.05, 4.69) is 0 Å². The van der Waals surface area contributed by atoms with Crippen LogP contribution in [0.15, 0.2) is 18.2 Å². The quantitative estimate of drug-likeness (QED) is 0.360. The zero-order chi connectivity index (χ0) is 12.8. The summed E-state index contributed by atoms with van der Waals surface area (Å²) in [5.74, 6) is 4.94. The summed E-state index contributed by atoms with van der Waals surface area (Å²) in [7, 11) is 0. The molecular formula is C11H13ClN2O3. The number of carbonyl (C=O) groups is 2. The van der Waals surface area contributed by atoms with Crippen LogP contribution in [0.5, 0.6) is 5.75 Å². The summed E-state index contributed by atoms with van der Waals surface area (Å²) < 4.78 is 5.41. The molecule has 92 valence electrons. The molecule has 3 N–H and O–H groups in total. The number of aldehydes is 1. The van der Waals surface area contributed by atoms with E-state index in [1.54, 1.807) is 19.1 Å². The van der Waals surface area contributed by atoms with Crippen LogP contribution in [-0.2, 0) is 4.79 Å². The van der Waals surface area contributed by atoms with Gasteiger partial charge in [-0.1, -0.05) is 18.5 Å². The first kappa shape index (κ1) is 13.5. The molecule has 0 aromatic heterocycles. The molecule has 0 aliphatic heterocycles. The van der Waals surface area contributed by atoms with Gasteiger partial charge in [-0.05, 0) is 24.6 Å². The molecule has 6 heteroatoms. The third-order valence-electron chi connectivity index (χ3n) is 2.17. The zero-order valence-corrected chi connectivity index (χ0v) is 10.0. The lowest BCUT2D eigenvalue weighted by atomic mass is 10.2. The van der Waals surface area contributed by atoms with Crippen LogP contribution in [0.3, 0.4) is 0 Å². The number of ether oxygens (including phenoxy) is 1. The maximum absolute atomic E-state index is 11.3. The Balaban J connectivity index is 2.86. The minimum absolute atomic E-state index is 0.276. The van der Waals surface area contributed by atoms with Crippen molar-refractivity contribution in [1.29, 1.82) is 0 Å². The highest BCUT2D eigenvalue weighted by Gasteiger charge is 2.18. The molecule has 1 unspecified atom stereocenters.